The summed E-state index contributed by atoms with van der Waals surface area (Å²) in [4.78, 5) is 13.5. The van der Waals surface area contributed by atoms with Crippen LogP contribution in [0.2, 0.25) is 0 Å². The molecule has 1 atom stereocenters. The monoisotopic (exact) mass is 341 g/mol. The molecule has 0 bridgehead atoms. The van der Waals surface area contributed by atoms with Crippen molar-refractivity contribution < 1.29 is 19.2 Å². The van der Waals surface area contributed by atoms with Gasteiger partial charge >= 0.3 is 7.12 Å². The fourth-order valence-corrected chi connectivity index (χ4v) is 2.89. The Hall–Kier alpha value is -1.81. The van der Waals surface area contributed by atoms with Crippen LogP contribution in [0.5, 0.6) is 0 Å². The van der Waals surface area contributed by atoms with E-state index in [1.54, 1.807) is 7.05 Å². The molecule has 0 aliphatic carbocycles. The van der Waals surface area contributed by atoms with Crippen molar-refractivity contribution in [2.24, 2.45) is 0 Å². The minimum absolute atomic E-state index is 0.326. The van der Waals surface area contributed by atoms with Crippen LogP contribution in [0.15, 0.2) is 24.3 Å². The highest BCUT2D eigenvalue weighted by atomic mass is 16.7. The molecule has 5 nitrogen and oxygen atoms in total. The largest absolute Gasteiger partial charge is 0.494 e. The maximum absolute atomic E-state index is 12.0. The van der Waals surface area contributed by atoms with E-state index < -0.39 is 23.9 Å². The van der Waals surface area contributed by atoms with Crippen LogP contribution < -0.4 is 5.46 Å². The van der Waals surface area contributed by atoms with Crippen molar-refractivity contribution in [1.82, 2.24) is 4.90 Å². The lowest BCUT2D eigenvalue weighted by Crippen LogP contribution is -2.41. The van der Waals surface area contributed by atoms with Crippen molar-refractivity contribution in [2.75, 3.05) is 13.6 Å². The van der Waals surface area contributed by atoms with Crippen molar-refractivity contribution in [3.63, 3.8) is 0 Å². The smallest absolute Gasteiger partial charge is 0.399 e. The predicted octanol–water partition coefficient (Wildman–Crippen LogP) is 0.930. The number of amides is 1. The van der Waals surface area contributed by atoms with E-state index in [2.05, 4.69) is 11.8 Å². The minimum atomic E-state index is -1.59. The quantitative estimate of drug-likeness (QED) is 0.610. The number of nitrogens with zero attached hydrogens (tertiary/aromatic N) is 1. The van der Waals surface area contributed by atoms with Crippen molar-refractivity contribution in [3.05, 3.63) is 29.8 Å². The van der Waals surface area contributed by atoms with Crippen LogP contribution >= 0.6 is 0 Å². The third-order valence-electron chi connectivity index (χ3n) is 5.34. The Morgan fingerprint density at radius 1 is 1.20 bits per heavy atom. The summed E-state index contributed by atoms with van der Waals surface area (Å²) < 4.78 is 12.1. The number of hydrogen-bond acceptors (Lipinski definition) is 4. The van der Waals surface area contributed by atoms with E-state index in [1.807, 2.05) is 52.0 Å². The molecule has 0 radical (unpaired) electrons. The van der Waals surface area contributed by atoms with E-state index in [9.17, 15) is 9.90 Å². The van der Waals surface area contributed by atoms with Gasteiger partial charge in [-0.1, -0.05) is 24.0 Å². The molecule has 132 valence electrons. The van der Waals surface area contributed by atoms with Gasteiger partial charge in [-0.3, -0.25) is 4.79 Å². The van der Waals surface area contributed by atoms with Gasteiger partial charge in [-0.15, -0.1) is 0 Å². The molecular formula is C19H24BNO4. The Labute approximate surface area is 149 Å². The van der Waals surface area contributed by atoms with Gasteiger partial charge < -0.3 is 19.3 Å². The van der Waals surface area contributed by atoms with Crippen molar-refractivity contribution >= 4 is 18.5 Å². The summed E-state index contributed by atoms with van der Waals surface area (Å²) in [6.07, 6.45) is 0.326. The van der Waals surface area contributed by atoms with E-state index in [0.29, 0.717) is 18.5 Å². The Kier molecular flexibility index (Phi) is 4.23. The summed E-state index contributed by atoms with van der Waals surface area (Å²) in [5.41, 5.74) is -0.824. The molecule has 2 fully saturated rings. The SMILES string of the molecule is CN1CC[C@@](O)(C#Cc2cccc(B3OC(C)(C)C(C)(C)O3)c2)C1=O. The van der Waals surface area contributed by atoms with Crippen LogP contribution in [0.1, 0.15) is 39.7 Å². The van der Waals surface area contributed by atoms with E-state index in [-0.39, 0.29) is 5.91 Å². The lowest BCUT2D eigenvalue weighted by Gasteiger charge is -2.32. The topological polar surface area (TPSA) is 59.0 Å². The highest BCUT2D eigenvalue weighted by Gasteiger charge is 2.51. The number of carbonyl (C=O) groups excluding carboxylic acids is 1. The fraction of sp³-hybridized carbons (Fsp3) is 0.526. The lowest BCUT2D eigenvalue weighted by molar-refractivity contribution is -0.137. The van der Waals surface area contributed by atoms with Gasteiger partial charge in [-0.05, 0) is 45.3 Å². The summed E-state index contributed by atoms with van der Waals surface area (Å²) >= 11 is 0. The van der Waals surface area contributed by atoms with Crippen molar-refractivity contribution in [1.29, 1.82) is 0 Å². The number of likely N-dealkylation sites (tertiary alicyclic amines) is 1. The molecule has 2 aliphatic rings. The van der Waals surface area contributed by atoms with Gasteiger partial charge in [0.2, 0.25) is 5.60 Å². The summed E-state index contributed by atoms with van der Waals surface area (Å²) in [6, 6.07) is 7.52. The van der Waals surface area contributed by atoms with E-state index >= 15 is 0 Å². The first kappa shape index (κ1) is 18.0. The van der Waals surface area contributed by atoms with Crippen LogP contribution in [-0.2, 0) is 14.1 Å². The molecule has 2 heterocycles. The summed E-state index contributed by atoms with van der Waals surface area (Å²) in [5, 5.41) is 10.4. The van der Waals surface area contributed by atoms with E-state index in [4.69, 9.17) is 9.31 Å². The van der Waals surface area contributed by atoms with Gasteiger partial charge in [0.25, 0.3) is 5.91 Å². The molecule has 6 heteroatoms. The molecule has 0 spiro atoms. The van der Waals surface area contributed by atoms with Crippen LogP contribution in [0.25, 0.3) is 0 Å². The Morgan fingerprint density at radius 3 is 2.40 bits per heavy atom. The second-order valence-electron chi connectivity index (χ2n) is 7.80. The molecule has 1 aromatic rings. The summed E-state index contributed by atoms with van der Waals surface area (Å²) in [6.45, 7) is 8.55. The summed E-state index contributed by atoms with van der Waals surface area (Å²) in [5.74, 6) is 5.32. The van der Waals surface area contributed by atoms with Crippen molar-refractivity contribution in [2.45, 2.75) is 50.9 Å². The Balaban J connectivity index is 1.83. The zero-order chi connectivity index (χ0) is 18.5. The molecule has 1 aromatic carbocycles. The third-order valence-corrected chi connectivity index (χ3v) is 5.34. The second-order valence-corrected chi connectivity index (χ2v) is 7.80. The number of rotatable bonds is 1. The van der Waals surface area contributed by atoms with Crippen LogP contribution in [0.3, 0.4) is 0 Å². The highest BCUT2D eigenvalue weighted by molar-refractivity contribution is 6.62. The molecule has 2 saturated heterocycles. The molecular weight excluding hydrogens is 317 g/mol. The molecule has 25 heavy (non-hydrogen) atoms. The first-order valence-corrected chi connectivity index (χ1v) is 8.51. The number of benzene rings is 1. The van der Waals surface area contributed by atoms with Gasteiger partial charge in [0.05, 0.1) is 11.2 Å². The average Bonchev–Trinajstić information content (AvgIpc) is 2.93. The van der Waals surface area contributed by atoms with Gasteiger partial charge in [0.1, 0.15) is 0 Å². The maximum Gasteiger partial charge on any atom is 0.494 e. The second kappa shape index (κ2) is 5.88. The summed E-state index contributed by atoms with van der Waals surface area (Å²) in [7, 11) is 1.20. The van der Waals surface area contributed by atoms with Gasteiger partial charge in [-0.2, -0.15) is 0 Å². The molecule has 0 unspecified atom stereocenters. The number of carbonyl (C=O) groups is 1. The first-order valence-electron chi connectivity index (χ1n) is 8.51. The molecule has 3 rings (SSSR count). The normalized spacial score (nSPS) is 27.4. The van der Waals surface area contributed by atoms with E-state index in [1.165, 1.54) is 4.90 Å². The van der Waals surface area contributed by atoms with Crippen LogP contribution in [0.4, 0.5) is 0 Å². The van der Waals surface area contributed by atoms with Gasteiger partial charge in [0, 0.05) is 25.6 Å². The minimum Gasteiger partial charge on any atom is -0.399 e. The lowest BCUT2D eigenvalue weighted by atomic mass is 9.78. The number of likely N-dealkylation sites (N-methyl/N-ethyl adjacent to an activating group) is 1. The van der Waals surface area contributed by atoms with Crippen LogP contribution in [-0.4, -0.2) is 53.4 Å². The average molecular weight is 341 g/mol. The van der Waals surface area contributed by atoms with E-state index in [0.717, 1.165) is 5.46 Å². The number of aliphatic hydroxyl groups is 1. The predicted molar refractivity (Wildman–Crippen MR) is 96.2 cm³/mol. The first-order chi connectivity index (χ1) is 11.5. The molecule has 2 aliphatic heterocycles. The Morgan fingerprint density at radius 2 is 1.84 bits per heavy atom. The van der Waals surface area contributed by atoms with Gasteiger partial charge in [-0.25, -0.2) is 0 Å². The third kappa shape index (κ3) is 3.20. The molecule has 1 N–H and O–H groups in total. The van der Waals surface area contributed by atoms with Crippen molar-refractivity contribution in [3.8, 4) is 11.8 Å². The standard InChI is InChI=1S/C19H24BNO4/c1-17(2)18(3,4)25-20(24-17)15-8-6-7-14(13-15)9-10-19(23)11-12-21(5)16(19)22/h6-8,13,23H,11-12H2,1-5H3/t19-/m0/s1. The highest BCUT2D eigenvalue weighted by Crippen LogP contribution is 2.36. The maximum atomic E-state index is 12.0. The number of hydrogen-bond donors (Lipinski definition) is 1. The molecule has 1 amide bonds. The molecule has 0 saturated carbocycles. The van der Waals surface area contributed by atoms with Crippen LogP contribution in [0, 0.1) is 11.8 Å². The fourth-order valence-electron chi connectivity index (χ4n) is 2.89. The zero-order valence-corrected chi connectivity index (χ0v) is 15.4. The van der Waals surface area contributed by atoms with Gasteiger partial charge in [0.15, 0.2) is 0 Å². The molecule has 0 aromatic heterocycles. The Bertz CT molecular complexity index is 748. The zero-order valence-electron chi connectivity index (χ0n) is 15.4.